The average molecular weight is 180 g/mol. The molecule has 1 fully saturated rings. The summed E-state index contributed by atoms with van der Waals surface area (Å²) in [5.74, 6) is 0.459. The fourth-order valence-electron chi connectivity index (χ4n) is 1.81. The van der Waals surface area contributed by atoms with Crippen molar-refractivity contribution in [2.45, 2.75) is 25.7 Å². The lowest BCUT2D eigenvalue weighted by Gasteiger charge is -2.28. The van der Waals surface area contributed by atoms with Crippen molar-refractivity contribution in [1.82, 2.24) is 4.90 Å². The molecule has 0 aromatic heterocycles. The maximum absolute atomic E-state index is 11.5. The van der Waals surface area contributed by atoms with E-state index in [9.17, 15) is 4.79 Å². The molecule has 0 amide bonds. The number of nitriles is 1. The average Bonchev–Trinajstić information content (AvgIpc) is 2.14. The van der Waals surface area contributed by atoms with Crippen molar-refractivity contribution in [3.05, 3.63) is 0 Å². The van der Waals surface area contributed by atoms with Gasteiger partial charge in [0.15, 0.2) is 0 Å². The van der Waals surface area contributed by atoms with E-state index in [2.05, 4.69) is 4.90 Å². The molecule has 0 aromatic carbocycles. The lowest BCUT2D eigenvalue weighted by atomic mass is 9.92. The smallest absolute Gasteiger partial charge is 0.138 e. The van der Waals surface area contributed by atoms with Crippen LogP contribution in [0, 0.1) is 17.2 Å². The Hall–Kier alpha value is -0.880. The SMILES string of the molecule is CN1CCCC(C(=O)CCC#N)C1. The van der Waals surface area contributed by atoms with Crippen molar-refractivity contribution in [2.24, 2.45) is 5.92 Å². The molecule has 1 atom stereocenters. The normalized spacial score (nSPS) is 23.8. The van der Waals surface area contributed by atoms with E-state index < -0.39 is 0 Å². The van der Waals surface area contributed by atoms with E-state index in [1.54, 1.807) is 0 Å². The molecule has 1 aliphatic heterocycles. The maximum atomic E-state index is 11.5. The van der Waals surface area contributed by atoms with Crippen LogP contribution in [0.15, 0.2) is 0 Å². The van der Waals surface area contributed by atoms with Crippen LogP contribution in [0.25, 0.3) is 0 Å². The van der Waals surface area contributed by atoms with Crippen molar-refractivity contribution in [2.75, 3.05) is 20.1 Å². The molecule has 1 unspecified atom stereocenters. The summed E-state index contributed by atoms with van der Waals surface area (Å²) < 4.78 is 0. The monoisotopic (exact) mass is 180 g/mol. The predicted molar refractivity (Wildman–Crippen MR) is 50.1 cm³/mol. The number of nitrogens with zero attached hydrogens (tertiary/aromatic N) is 2. The summed E-state index contributed by atoms with van der Waals surface area (Å²) in [5.41, 5.74) is 0. The number of carbonyl (C=O) groups excluding carboxylic acids is 1. The number of piperidine rings is 1. The van der Waals surface area contributed by atoms with Crippen LogP contribution in [0.1, 0.15) is 25.7 Å². The lowest BCUT2D eigenvalue weighted by Crippen LogP contribution is -2.35. The molecule has 3 nitrogen and oxygen atoms in total. The van der Waals surface area contributed by atoms with Gasteiger partial charge in [0.05, 0.1) is 6.07 Å². The van der Waals surface area contributed by atoms with Crippen LogP contribution in [-0.4, -0.2) is 30.8 Å². The van der Waals surface area contributed by atoms with Crippen LogP contribution in [0.4, 0.5) is 0 Å². The Bertz CT molecular complexity index is 219. The predicted octanol–water partition coefficient (Wildman–Crippen LogP) is 1.20. The van der Waals surface area contributed by atoms with E-state index >= 15 is 0 Å². The highest BCUT2D eigenvalue weighted by atomic mass is 16.1. The van der Waals surface area contributed by atoms with Gasteiger partial charge in [-0.15, -0.1) is 0 Å². The van der Waals surface area contributed by atoms with Crippen molar-refractivity contribution in [1.29, 1.82) is 5.26 Å². The minimum absolute atomic E-state index is 0.187. The summed E-state index contributed by atoms with van der Waals surface area (Å²) in [5, 5.41) is 8.35. The first-order chi connectivity index (χ1) is 6.24. The van der Waals surface area contributed by atoms with E-state index in [1.807, 2.05) is 13.1 Å². The van der Waals surface area contributed by atoms with E-state index in [4.69, 9.17) is 5.26 Å². The molecule has 13 heavy (non-hydrogen) atoms. The van der Waals surface area contributed by atoms with Gasteiger partial charge in [-0.05, 0) is 26.4 Å². The third-order valence-electron chi connectivity index (χ3n) is 2.56. The van der Waals surface area contributed by atoms with Crippen LogP contribution >= 0.6 is 0 Å². The standard InChI is InChI=1S/C10H16N2O/c1-12-7-3-4-9(8-12)10(13)5-2-6-11/h9H,2-5,7-8H2,1H3. The third-order valence-corrected chi connectivity index (χ3v) is 2.56. The van der Waals surface area contributed by atoms with Crippen molar-refractivity contribution in [3.8, 4) is 6.07 Å². The van der Waals surface area contributed by atoms with Crippen LogP contribution in [0.3, 0.4) is 0 Å². The number of hydrogen-bond acceptors (Lipinski definition) is 3. The molecular formula is C10H16N2O. The highest BCUT2D eigenvalue weighted by molar-refractivity contribution is 5.81. The highest BCUT2D eigenvalue weighted by Gasteiger charge is 2.22. The van der Waals surface area contributed by atoms with E-state index in [1.165, 1.54) is 0 Å². The van der Waals surface area contributed by atoms with Crippen molar-refractivity contribution < 1.29 is 4.79 Å². The van der Waals surface area contributed by atoms with E-state index in [0.29, 0.717) is 12.8 Å². The van der Waals surface area contributed by atoms with Gasteiger partial charge in [-0.25, -0.2) is 0 Å². The Balaban J connectivity index is 2.33. The van der Waals surface area contributed by atoms with Gasteiger partial charge in [0.25, 0.3) is 0 Å². The number of likely N-dealkylation sites (tertiary alicyclic amines) is 1. The molecule has 0 N–H and O–H groups in total. The molecule has 1 aliphatic rings. The van der Waals surface area contributed by atoms with Gasteiger partial charge in [-0.3, -0.25) is 4.79 Å². The second kappa shape index (κ2) is 4.98. The molecule has 3 heteroatoms. The number of Topliss-reactive ketones (excluding diaryl/α,β-unsaturated/α-hetero) is 1. The van der Waals surface area contributed by atoms with Crippen LogP contribution in [0.2, 0.25) is 0 Å². The largest absolute Gasteiger partial charge is 0.306 e. The fraction of sp³-hybridized carbons (Fsp3) is 0.800. The van der Waals surface area contributed by atoms with Gasteiger partial charge >= 0.3 is 0 Å². The van der Waals surface area contributed by atoms with E-state index in [0.717, 1.165) is 25.9 Å². The van der Waals surface area contributed by atoms with Gasteiger partial charge < -0.3 is 4.90 Å². The Morgan fingerprint density at radius 3 is 3.08 bits per heavy atom. The number of hydrogen-bond donors (Lipinski definition) is 0. The molecule has 0 bridgehead atoms. The highest BCUT2D eigenvalue weighted by Crippen LogP contribution is 2.17. The molecule has 0 radical (unpaired) electrons. The Labute approximate surface area is 79.3 Å². The van der Waals surface area contributed by atoms with Gasteiger partial charge in [-0.2, -0.15) is 5.26 Å². The second-order valence-corrected chi connectivity index (χ2v) is 3.73. The third kappa shape index (κ3) is 3.16. The molecule has 1 saturated heterocycles. The first-order valence-electron chi connectivity index (χ1n) is 4.82. The minimum atomic E-state index is 0.187. The molecule has 1 heterocycles. The zero-order chi connectivity index (χ0) is 9.68. The zero-order valence-corrected chi connectivity index (χ0v) is 8.12. The molecule has 0 saturated carbocycles. The van der Waals surface area contributed by atoms with Gasteiger partial charge in [0.1, 0.15) is 5.78 Å². The number of carbonyl (C=O) groups is 1. The summed E-state index contributed by atoms with van der Waals surface area (Å²) in [6.45, 7) is 1.98. The molecule has 72 valence electrons. The Morgan fingerprint density at radius 2 is 2.46 bits per heavy atom. The van der Waals surface area contributed by atoms with Crippen molar-refractivity contribution in [3.63, 3.8) is 0 Å². The summed E-state index contributed by atoms with van der Waals surface area (Å²) in [7, 11) is 2.05. The molecule has 0 spiro atoms. The topological polar surface area (TPSA) is 44.1 Å². The van der Waals surface area contributed by atoms with Crippen molar-refractivity contribution >= 4 is 5.78 Å². The Kier molecular flexibility index (Phi) is 3.91. The first-order valence-corrected chi connectivity index (χ1v) is 4.82. The first kappa shape index (κ1) is 10.2. The summed E-state index contributed by atoms with van der Waals surface area (Å²) in [4.78, 5) is 13.7. The van der Waals surface area contributed by atoms with Crippen LogP contribution in [0.5, 0.6) is 0 Å². The minimum Gasteiger partial charge on any atom is -0.306 e. The van der Waals surface area contributed by atoms with Crippen LogP contribution in [-0.2, 0) is 4.79 Å². The lowest BCUT2D eigenvalue weighted by molar-refractivity contribution is -0.124. The van der Waals surface area contributed by atoms with Crippen LogP contribution < -0.4 is 0 Å². The van der Waals surface area contributed by atoms with Gasteiger partial charge in [0.2, 0.25) is 0 Å². The molecule has 1 rings (SSSR count). The fourth-order valence-corrected chi connectivity index (χ4v) is 1.81. The number of rotatable bonds is 3. The zero-order valence-electron chi connectivity index (χ0n) is 8.12. The summed E-state index contributed by atoms with van der Waals surface area (Å²) in [6, 6.07) is 2.01. The summed E-state index contributed by atoms with van der Waals surface area (Å²) >= 11 is 0. The van der Waals surface area contributed by atoms with Gasteiger partial charge in [0, 0.05) is 25.3 Å². The van der Waals surface area contributed by atoms with Gasteiger partial charge in [-0.1, -0.05) is 0 Å². The quantitative estimate of drug-likeness (QED) is 0.655. The van der Waals surface area contributed by atoms with E-state index in [-0.39, 0.29) is 11.7 Å². The molecule has 0 aliphatic carbocycles. The maximum Gasteiger partial charge on any atom is 0.138 e. The number of ketones is 1. The molecular weight excluding hydrogens is 164 g/mol. The Morgan fingerprint density at radius 1 is 1.69 bits per heavy atom. The molecule has 0 aromatic rings. The summed E-state index contributed by atoms with van der Waals surface area (Å²) in [6.07, 6.45) is 2.93. The second-order valence-electron chi connectivity index (χ2n) is 3.73.